The first-order valence-electron chi connectivity index (χ1n) is 12.2. The first-order chi connectivity index (χ1) is 17.2. The number of carbonyl (C=O) groups is 2. The molecule has 1 fully saturated rings. The Labute approximate surface area is 212 Å². The fraction of sp³-hybridized carbons (Fsp3) is 0.310. The Morgan fingerprint density at radius 1 is 0.861 bits per heavy atom. The number of Topliss-reactive ketones (excluding diaryl/α,β-unsaturated/α-hetero) is 1. The van der Waals surface area contributed by atoms with E-state index in [4.69, 9.17) is 4.74 Å². The molecule has 1 aliphatic carbocycles. The number of nitrogens with one attached hydrogen (secondary N) is 1. The van der Waals surface area contributed by atoms with Gasteiger partial charge in [-0.2, -0.15) is 0 Å². The lowest BCUT2D eigenvalue weighted by atomic mass is 9.84. The monoisotopic (exact) mass is 505 g/mol. The number of carbonyl (C=O) groups excluding carboxylic acids is 2. The minimum atomic E-state index is -3.93. The maximum atomic E-state index is 13.0. The van der Waals surface area contributed by atoms with Crippen molar-refractivity contribution in [1.82, 2.24) is 0 Å². The number of hydrogen-bond donors (Lipinski definition) is 1. The van der Waals surface area contributed by atoms with Crippen LogP contribution < -0.4 is 4.72 Å². The number of benzene rings is 3. The van der Waals surface area contributed by atoms with Gasteiger partial charge in [-0.1, -0.05) is 67.3 Å². The van der Waals surface area contributed by atoms with Crippen molar-refractivity contribution in [1.29, 1.82) is 0 Å². The van der Waals surface area contributed by atoms with E-state index >= 15 is 0 Å². The minimum Gasteiger partial charge on any atom is -0.454 e. The van der Waals surface area contributed by atoms with E-state index in [-0.39, 0.29) is 16.2 Å². The molecular weight excluding hydrogens is 474 g/mol. The molecule has 0 bridgehead atoms. The third-order valence-corrected chi connectivity index (χ3v) is 8.18. The van der Waals surface area contributed by atoms with Crippen LogP contribution in [0, 0.1) is 13.8 Å². The number of ether oxygens (including phenoxy) is 1. The fourth-order valence-electron chi connectivity index (χ4n) is 4.52. The van der Waals surface area contributed by atoms with Crippen molar-refractivity contribution in [2.75, 3.05) is 11.3 Å². The molecule has 3 aromatic rings. The Hall–Kier alpha value is -3.45. The minimum absolute atomic E-state index is 0.0258. The molecule has 0 amide bonds. The topological polar surface area (TPSA) is 89.5 Å². The molecule has 1 N–H and O–H groups in total. The Bertz CT molecular complexity index is 1340. The molecule has 188 valence electrons. The van der Waals surface area contributed by atoms with Gasteiger partial charge in [-0.15, -0.1) is 0 Å². The molecule has 0 spiro atoms. The average Bonchev–Trinajstić information content (AvgIpc) is 2.89. The number of sulfonamides is 1. The zero-order valence-electron chi connectivity index (χ0n) is 20.6. The number of anilines is 1. The predicted octanol–water partition coefficient (Wildman–Crippen LogP) is 6.19. The molecule has 0 aromatic heterocycles. The molecule has 0 atom stereocenters. The van der Waals surface area contributed by atoms with Crippen LogP contribution >= 0.6 is 0 Å². The highest BCUT2D eigenvalue weighted by atomic mass is 32.2. The lowest BCUT2D eigenvalue weighted by molar-refractivity contribution is 0.0474. The molecule has 0 heterocycles. The van der Waals surface area contributed by atoms with E-state index in [2.05, 4.69) is 4.72 Å². The van der Waals surface area contributed by atoms with Gasteiger partial charge in [-0.05, 0) is 68.0 Å². The highest BCUT2D eigenvalue weighted by Gasteiger charge is 2.21. The van der Waals surface area contributed by atoms with Gasteiger partial charge < -0.3 is 4.74 Å². The molecule has 36 heavy (non-hydrogen) atoms. The summed E-state index contributed by atoms with van der Waals surface area (Å²) in [5.74, 6) is -0.512. The van der Waals surface area contributed by atoms with E-state index < -0.39 is 22.6 Å². The molecule has 0 unspecified atom stereocenters. The van der Waals surface area contributed by atoms with Gasteiger partial charge >= 0.3 is 5.97 Å². The summed E-state index contributed by atoms with van der Waals surface area (Å²) in [6.07, 6.45) is 6.13. The summed E-state index contributed by atoms with van der Waals surface area (Å²) in [6.45, 7) is 3.15. The molecule has 3 aromatic carbocycles. The number of esters is 1. The summed E-state index contributed by atoms with van der Waals surface area (Å²) < 4.78 is 33.7. The van der Waals surface area contributed by atoms with E-state index in [1.807, 2.05) is 19.1 Å². The molecular formula is C29H31NO5S. The van der Waals surface area contributed by atoms with Crippen molar-refractivity contribution >= 4 is 27.5 Å². The molecule has 1 saturated carbocycles. The van der Waals surface area contributed by atoms with E-state index in [1.165, 1.54) is 49.8 Å². The zero-order chi connectivity index (χ0) is 25.7. The van der Waals surface area contributed by atoms with E-state index in [0.29, 0.717) is 22.7 Å². The van der Waals surface area contributed by atoms with Crippen molar-refractivity contribution in [2.24, 2.45) is 0 Å². The van der Waals surface area contributed by atoms with Gasteiger partial charge in [0.05, 0.1) is 10.5 Å². The maximum Gasteiger partial charge on any atom is 0.338 e. The lowest BCUT2D eigenvalue weighted by Crippen LogP contribution is -2.17. The average molecular weight is 506 g/mol. The Morgan fingerprint density at radius 3 is 2.17 bits per heavy atom. The van der Waals surface area contributed by atoms with Crippen LogP contribution in [0.3, 0.4) is 0 Å². The number of ketones is 1. The summed E-state index contributed by atoms with van der Waals surface area (Å²) in [4.78, 5) is 25.2. The highest BCUT2D eigenvalue weighted by Crippen LogP contribution is 2.32. The van der Waals surface area contributed by atoms with Crippen LogP contribution in [0.4, 0.5) is 5.69 Å². The van der Waals surface area contributed by atoms with Gasteiger partial charge in [0.25, 0.3) is 10.0 Å². The summed E-state index contributed by atoms with van der Waals surface area (Å²) >= 11 is 0. The second kappa shape index (κ2) is 11.1. The Balaban J connectivity index is 1.40. The molecule has 7 heteroatoms. The van der Waals surface area contributed by atoms with Crippen LogP contribution in [0.1, 0.15) is 75.4 Å². The fourth-order valence-corrected chi connectivity index (χ4v) is 5.85. The van der Waals surface area contributed by atoms with Gasteiger partial charge in [0, 0.05) is 11.3 Å². The molecule has 1 aliphatic rings. The first-order valence-corrected chi connectivity index (χ1v) is 13.7. The van der Waals surface area contributed by atoms with Gasteiger partial charge in [0.2, 0.25) is 0 Å². The van der Waals surface area contributed by atoms with Gasteiger partial charge in [-0.3, -0.25) is 9.52 Å². The lowest BCUT2D eigenvalue weighted by Gasteiger charge is -2.22. The van der Waals surface area contributed by atoms with Crippen molar-refractivity contribution in [3.05, 3.63) is 94.5 Å². The Morgan fingerprint density at radius 2 is 1.50 bits per heavy atom. The standard InChI is InChI=1S/C29H31NO5S/c1-20-8-16-26(17-9-20)30-36(33,34)28-18-25(11-10-21(28)2)29(32)35-19-27(31)24-14-12-23(13-15-24)22-6-4-3-5-7-22/h8-18,22,30H,3-7,19H2,1-2H3. The van der Waals surface area contributed by atoms with Crippen molar-refractivity contribution in [3.63, 3.8) is 0 Å². The summed E-state index contributed by atoms with van der Waals surface area (Å²) in [7, 11) is -3.93. The van der Waals surface area contributed by atoms with E-state index in [0.717, 1.165) is 5.56 Å². The Kier molecular flexibility index (Phi) is 7.89. The third kappa shape index (κ3) is 6.21. The summed E-state index contributed by atoms with van der Waals surface area (Å²) in [6, 6.07) is 18.8. The van der Waals surface area contributed by atoms with Crippen molar-refractivity contribution < 1.29 is 22.7 Å². The number of hydrogen-bond acceptors (Lipinski definition) is 5. The molecule has 6 nitrogen and oxygen atoms in total. The van der Waals surface area contributed by atoms with E-state index in [1.54, 1.807) is 49.4 Å². The molecule has 0 saturated heterocycles. The summed E-state index contributed by atoms with van der Waals surface area (Å²) in [5.41, 5.74) is 3.71. The third-order valence-electron chi connectivity index (χ3n) is 6.66. The second-order valence-electron chi connectivity index (χ2n) is 9.41. The zero-order valence-corrected chi connectivity index (χ0v) is 21.4. The van der Waals surface area contributed by atoms with Crippen LogP contribution in [0.2, 0.25) is 0 Å². The largest absolute Gasteiger partial charge is 0.454 e. The SMILES string of the molecule is Cc1ccc(NS(=O)(=O)c2cc(C(=O)OCC(=O)c3ccc(C4CCCCC4)cc3)ccc2C)cc1. The normalized spacial score (nSPS) is 14.3. The maximum absolute atomic E-state index is 13.0. The van der Waals surface area contributed by atoms with Gasteiger partial charge in [0.1, 0.15) is 0 Å². The van der Waals surface area contributed by atoms with Crippen LogP contribution in [0.15, 0.2) is 71.6 Å². The second-order valence-corrected chi connectivity index (χ2v) is 11.1. The smallest absolute Gasteiger partial charge is 0.338 e. The van der Waals surface area contributed by atoms with Crippen LogP contribution in [-0.2, 0) is 14.8 Å². The van der Waals surface area contributed by atoms with Crippen molar-refractivity contribution in [2.45, 2.75) is 56.8 Å². The molecule has 0 radical (unpaired) electrons. The van der Waals surface area contributed by atoms with E-state index in [9.17, 15) is 18.0 Å². The number of rotatable bonds is 8. The first kappa shape index (κ1) is 25.6. The predicted molar refractivity (Wildman–Crippen MR) is 140 cm³/mol. The van der Waals surface area contributed by atoms with Crippen molar-refractivity contribution in [3.8, 4) is 0 Å². The van der Waals surface area contributed by atoms with Crippen LogP contribution in [-0.4, -0.2) is 26.8 Å². The van der Waals surface area contributed by atoms with Crippen LogP contribution in [0.25, 0.3) is 0 Å². The van der Waals surface area contributed by atoms with Crippen LogP contribution in [0.5, 0.6) is 0 Å². The quantitative estimate of drug-likeness (QED) is 0.291. The summed E-state index contributed by atoms with van der Waals surface area (Å²) in [5, 5.41) is 0. The highest BCUT2D eigenvalue weighted by molar-refractivity contribution is 7.92. The van der Waals surface area contributed by atoms with Gasteiger partial charge in [0.15, 0.2) is 12.4 Å². The van der Waals surface area contributed by atoms with Gasteiger partial charge in [-0.25, -0.2) is 13.2 Å². The number of aryl methyl sites for hydroxylation is 2. The molecule has 0 aliphatic heterocycles. The molecule has 4 rings (SSSR count).